The van der Waals surface area contributed by atoms with Crippen LogP contribution in [0.1, 0.15) is 15.9 Å². The van der Waals surface area contributed by atoms with Gasteiger partial charge in [-0.2, -0.15) is 4.98 Å². The van der Waals surface area contributed by atoms with Crippen molar-refractivity contribution in [2.45, 2.75) is 6.92 Å². The number of anilines is 1. The van der Waals surface area contributed by atoms with E-state index in [0.29, 0.717) is 22.9 Å². The van der Waals surface area contributed by atoms with Gasteiger partial charge >= 0.3 is 0 Å². The number of benzene rings is 2. The minimum absolute atomic E-state index is 0.197. The fourth-order valence-electron chi connectivity index (χ4n) is 2.27. The molecule has 1 heterocycles. The molecule has 0 bridgehead atoms. The van der Waals surface area contributed by atoms with Crippen LogP contribution in [0.3, 0.4) is 0 Å². The van der Waals surface area contributed by atoms with E-state index < -0.39 is 0 Å². The Labute approximate surface area is 145 Å². The van der Waals surface area contributed by atoms with Crippen LogP contribution in [0.25, 0.3) is 11.4 Å². The van der Waals surface area contributed by atoms with Gasteiger partial charge in [0.25, 0.3) is 5.91 Å². The summed E-state index contributed by atoms with van der Waals surface area (Å²) in [5, 5.41) is 9.51. The van der Waals surface area contributed by atoms with Crippen molar-refractivity contribution in [2.75, 3.05) is 19.5 Å². The summed E-state index contributed by atoms with van der Waals surface area (Å²) in [6.45, 7) is 2.01. The lowest BCUT2D eigenvalue weighted by atomic mass is 10.1. The predicted molar refractivity (Wildman–Crippen MR) is 94.1 cm³/mol. The fraction of sp³-hybridized carbons (Fsp3) is 0.167. The van der Waals surface area contributed by atoms with E-state index in [-0.39, 0.29) is 11.9 Å². The van der Waals surface area contributed by atoms with Crippen molar-refractivity contribution in [3.05, 3.63) is 53.6 Å². The van der Waals surface area contributed by atoms with Gasteiger partial charge in [-0.05, 0) is 19.1 Å². The maximum Gasteiger partial charge on any atom is 0.258 e. The van der Waals surface area contributed by atoms with Crippen molar-refractivity contribution >= 4 is 11.9 Å². The van der Waals surface area contributed by atoms with Crippen LogP contribution in [0.5, 0.6) is 11.5 Å². The van der Waals surface area contributed by atoms with Gasteiger partial charge in [0, 0.05) is 17.2 Å². The molecular formula is C18H18N4O3. The lowest BCUT2D eigenvalue weighted by molar-refractivity contribution is 0.102. The molecule has 0 aliphatic carbocycles. The van der Waals surface area contributed by atoms with Crippen molar-refractivity contribution in [3.63, 3.8) is 0 Å². The number of rotatable bonds is 5. The van der Waals surface area contributed by atoms with Gasteiger partial charge < -0.3 is 9.47 Å². The smallest absolute Gasteiger partial charge is 0.258 e. The number of aromatic amines is 1. The molecule has 1 amide bonds. The Hall–Kier alpha value is -3.35. The lowest BCUT2D eigenvalue weighted by Crippen LogP contribution is -2.13. The van der Waals surface area contributed by atoms with Crippen LogP contribution >= 0.6 is 0 Å². The number of methoxy groups -OCH3 is 2. The van der Waals surface area contributed by atoms with Gasteiger partial charge in [0.05, 0.1) is 14.2 Å². The van der Waals surface area contributed by atoms with Crippen LogP contribution < -0.4 is 14.8 Å². The molecule has 2 N–H and O–H groups in total. The molecule has 2 aromatic carbocycles. The SMILES string of the molecule is COc1cc(OC)cc(C(=O)Nc2n[nH]c(-c3ccc(C)cc3)n2)c1. The molecule has 0 atom stereocenters. The summed E-state index contributed by atoms with van der Waals surface area (Å²) in [6, 6.07) is 12.8. The molecule has 0 saturated carbocycles. The Morgan fingerprint density at radius 1 is 1.04 bits per heavy atom. The number of carbonyl (C=O) groups excluding carboxylic acids is 1. The molecule has 128 valence electrons. The monoisotopic (exact) mass is 338 g/mol. The standard InChI is InChI=1S/C18H18N4O3/c1-11-4-6-12(7-5-11)16-19-18(22-21-16)20-17(23)13-8-14(24-2)10-15(9-13)25-3/h4-10H,1-3H3,(H2,19,20,21,22,23). The first kappa shape index (κ1) is 16.5. The summed E-state index contributed by atoms with van der Waals surface area (Å²) in [4.78, 5) is 16.7. The van der Waals surface area contributed by atoms with Crippen molar-refractivity contribution in [1.82, 2.24) is 15.2 Å². The van der Waals surface area contributed by atoms with Gasteiger partial charge in [0.1, 0.15) is 11.5 Å². The van der Waals surface area contributed by atoms with Crippen molar-refractivity contribution in [2.24, 2.45) is 0 Å². The average Bonchev–Trinajstić information content (AvgIpc) is 3.10. The molecule has 0 fully saturated rings. The first-order valence-corrected chi connectivity index (χ1v) is 7.63. The fourth-order valence-corrected chi connectivity index (χ4v) is 2.27. The molecule has 0 spiro atoms. The Morgan fingerprint density at radius 2 is 1.68 bits per heavy atom. The summed E-state index contributed by atoms with van der Waals surface area (Å²) in [7, 11) is 3.05. The number of carbonyl (C=O) groups is 1. The summed E-state index contributed by atoms with van der Waals surface area (Å²) >= 11 is 0. The third-order valence-electron chi connectivity index (χ3n) is 3.65. The Bertz CT molecular complexity index is 865. The molecule has 7 nitrogen and oxygen atoms in total. The number of hydrogen-bond donors (Lipinski definition) is 2. The van der Waals surface area contributed by atoms with Crippen molar-refractivity contribution in [1.29, 1.82) is 0 Å². The molecule has 3 aromatic rings. The van der Waals surface area contributed by atoms with Crippen LogP contribution in [-0.4, -0.2) is 35.3 Å². The Kier molecular flexibility index (Phi) is 4.65. The first-order chi connectivity index (χ1) is 12.1. The van der Waals surface area contributed by atoms with E-state index in [9.17, 15) is 4.79 Å². The second-order valence-corrected chi connectivity index (χ2v) is 5.43. The summed E-state index contributed by atoms with van der Waals surface area (Å²) in [6.07, 6.45) is 0. The minimum Gasteiger partial charge on any atom is -0.497 e. The number of hydrogen-bond acceptors (Lipinski definition) is 5. The van der Waals surface area contributed by atoms with Gasteiger partial charge in [0.15, 0.2) is 5.82 Å². The Balaban J connectivity index is 1.79. The topological polar surface area (TPSA) is 89.1 Å². The van der Waals surface area contributed by atoms with Gasteiger partial charge in [0.2, 0.25) is 5.95 Å². The van der Waals surface area contributed by atoms with Gasteiger partial charge in [-0.15, -0.1) is 5.10 Å². The zero-order valence-corrected chi connectivity index (χ0v) is 14.2. The largest absolute Gasteiger partial charge is 0.497 e. The van der Waals surface area contributed by atoms with Crippen LogP contribution in [-0.2, 0) is 0 Å². The number of nitrogens with one attached hydrogen (secondary N) is 2. The van der Waals surface area contributed by atoms with E-state index >= 15 is 0 Å². The molecule has 3 rings (SSSR count). The first-order valence-electron chi connectivity index (χ1n) is 7.63. The van der Waals surface area contributed by atoms with E-state index in [4.69, 9.17) is 9.47 Å². The Morgan fingerprint density at radius 3 is 2.28 bits per heavy atom. The highest BCUT2D eigenvalue weighted by Crippen LogP contribution is 2.23. The molecule has 0 saturated heterocycles. The van der Waals surface area contributed by atoms with E-state index in [2.05, 4.69) is 20.5 Å². The molecule has 7 heteroatoms. The zero-order chi connectivity index (χ0) is 17.8. The highest BCUT2D eigenvalue weighted by atomic mass is 16.5. The van der Waals surface area contributed by atoms with Crippen molar-refractivity contribution in [3.8, 4) is 22.9 Å². The number of amides is 1. The number of nitrogens with zero attached hydrogens (tertiary/aromatic N) is 2. The highest BCUT2D eigenvalue weighted by molar-refractivity contribution is 6.04. The third-order valence-corrected chi connectivity index (χ3v) is 3.65. The highest BCUT2D eigenvalue weighted by Gasteiger charge is 2.13. The summed E-state index contributed by atoms with van der Waals surface area (Å²) < 4.78 is 10.3. The average molecular weight is 338 g/mol. The quantitative estimate of drug-likeness (QED) is 0.746. The van der Waals surface area contributed by atoms with Crippen LogP contribution in [0.15, 0.2) is 42.5 Å². The molecule has 25 heavy (non-hydrogen) atoms. The molecule has 0 aliphatic heterocycles. The number of aromatic nitrogens is 3. The van der Waals surface area contributed by atoms with E-state index in [0.717, 1.165) is 11.1 Å². The zero-order valence-electron chi connectivity index (χ0n) is 14.2. The van der Waals surface area contributed by atoms with E-state index in [1.54, 1.807) is 18.2 Å². The minimum atomic E-state index is -0.355. The van der Waals surface area contributed by atoms with Crippen molar-refractivity contribution < 1.29 is 14.3 Å². The number of aryl methyl sites for hydroxylation is 1. The molecule has 0 radical (unpaired) electrons. The predicted octanol–water partition coefficient (Wildman–Crippen LogP) is 3.05. The molecule has 0 unspecified atom stereocenters. The third kappa shape index (κ3) is 3.77. The second-order valence-electron chi connectivity index (χ2n) is 5.43. The van der Waals surface area contributed by atoms with E-state index in [1.807, 2.05) is 31.2 Å². The number of ether oxygens (including phenoxy) is 2. The normalized spacial score (nSPS) is 10.4. The van der Waals surface area contributed by atoms with Gasteiger partial charge in [-0.1, -0.05) is 29.8 Å². The molecule has 0 aliphatic rings. The maximum absolute atomic E-state index is 12.4. The van der Waals surface area contributed by atoms with Crippen LogP contribution in [0, 0.1) is 6.92 Å². The summed E-state index contributed by atoms with van der Waals surface area (Å²) in [5.74, 6) is 1.48. The summed E-state index contributed by atoms with van der Waals surface area (Å²) in [5.41, 5.74) is 2.43. The number of H-pyrrole nitrogens is 1. The van der Waals surface area contributed by atoms with Crippen LogP contribution in [0.4, 0.5) is 5.95 Å². The second kappa shape index (κ2) is 7.04. The maximum atomic E-state index is 12.4. The molecule has 1 aromatic heterocycles. The molecular weight excluding hydrogens is 320 g/mol. The van der Waals surface area contributed by atoms with Gasteiger partial charge in [-0.25, -0.2) is 0 Å². The lowest BCUT2D eigenvalue weighted by Gasteiger charge is -2.07. The van der Waals surface area contributed by atoms with Crippen LogP contribution in [0.2, 0.25) is 0 Å². The van der Waals surface area contributed by atoms with E-state index in [1.165, 1.54) is 14.2 Å². The van der Waals surface area contributed by atoms with Gasteiger partial charge in [-0.3, -0.25) is 15.2 Å².